The molecule has 1 N–H and O–H groups in total. The van der Waals surface area contributed by atoms with Crippen LogP contribution in [0.3, 0.4) is 0 Å². The average molecular weight is 179 g/mol. The Kier molecular flexibility index (Phi) is 1.17. The van der Waals surface area contributed by atoms with Gasteiger partial charge in [0.25, 0.3) is 0 Å². The zero-order chi connectivity index (χ0) is 9.48. The molecule has 0 aliphatic heterocycles. The van der Waals surface area contributed by atoms with Gasteiger partial charge in [-0.1, -0.05) is 13.8 Å². The molecule has 0 aromatic carbocycles. The molecular weight excluding hydrogens is 158 g/mol. The first kappa shape index (κ1) is 8.28. The lowest BCUT2D eigenvalue weighted by atomic mass is 9.88. The maximum atomic E-state index is 3.82. The molecule has 3 aliphatic rings. The molecule has 0 bridgehead atoms. The molecule has 3 saturated carbocycles. The minimum absolute atomic E-state index is 0.513. The summed E-state index contributed by atoms with van der Waals surface area (Å²) in [6.07, 6.45) is 4.29. The molecule has 4 atom stereocenters. The third kappa shape index (κ3) is 0.614. The summed E-state index contributed by atoms with van der Waals surface area (Å²) in [6, 6.07) is 0.699. The maximum Gasteiger partial charge on any atom is 0.0258 e. The first-order valence-electron chi connectivity index (χ1n) is 5.80. The second kappa shape index (κ2) is 1.84. The summed E-state index contributed by atoms with van der Waals surface area (Å²) < 4.78 is 0. The highest BCUT2D eigenvalue weighted by Crippen LogP contribution is 3.01. The predicted octanol–water partition coefficient (Wildman–Crippen LogP) is 2.56. The van der Waals surface area contributed by atoms with Gasteiger partial charge in [-0.15, -0.1) is 0 Å². The summed E-state index contributed by atoms with van der Waals surface area (Å²) in [7, 11) is 0. The quantitative estimate of drug-likeness (QED) is 0.702. The van der Waals surface area contributed by atoms with Crippen LogP contribution < -0.4 is 5.32 Å². The highest BCUT2D eigenvalue weighted by Gasteiger charge is 3.01. The molecule has 0 radical (unpaired) electrons. The molecule has 74 valence electrons. The number of rotatable bonds is 3. The predicted molar refractivity (Wildman–Crippen MR) is 54.6 cm³/mol. The molecule has 0 aromatic heterocycles. The molecule has 13 heavy (non-hydrogen) atoms. The van der Waals surface area contributed by atoms with Crippen molar-refractivity contribution in [2.45, 2.75) is 58.5 Å². The lowest BCUT2D eigenvalue weighted by molar-refractivity contribution is 0.255. The second-order valence-electron chi connectivity index (χ2n) is 5.95. The molecule has 1 nitrogen and oxygen atoms in total. The Labute approximate surface area is 81.3 Å². The summed E-state index contributed by atoms with van der Waals surface area (Å²) in [5.74, 6) is 1.03. The Bertz CT molecular complexity index is 268. The third-order valence-electron chi connectivity index (χ3n) is 5.60. The number of hydrogen-bond acceptors (Lipinski definition) is 1. The van der Waals surface area contributed by atoms with Crippen LogP contribution in [-0.2, 0) is 0 Å². The average Bonchev–Trinajstić information content (AvgIpc) is 2.97. The van der Waals surface area contributed by atoms with E-state index in [1.807, 2.05) is 0 Å². The molecule has 3 rings (SSSR count). The SMILES string of the molecule is CCC(C)NC1(C)C2C3(CC3)C21C. The van der Waals surface area contributed by atoms with Crippen LogP contribution in [0.4, 0.5) is 0 Å². The van der Waals surface area contributed by atoms with Crippen molar-refractivity contribution in [1.29, 1.82) is 0 Å². The van der Waals surface area contributed by atoms with E-state index in [4.69, 9.17) is 0 Å². The fourth-order valence-electron chi connectivity index (χ4n) is 4.35. The topological polar surface area (TPSA) is 12.0 Å². The van der Waals surface area contributed by atoms with Gasteiger partial charge in [-0.3, -0.25) is 0 Å². The van der Waals surface area contributed by atoms with Crippen LogP contribution in [0, 0.1) is 16.7 Å². The molecule has 3 fully saturated rings. The fraction of sp³-hybridized carbons (Fsp3) is 1.00. The van der Waals surface area contributed by atoms with Crippen molar-refractivity contribution >= 4 is 0 Å². The van der Waals surface area contributed by atoms with Gasteiger partial charge in [0.15, 0.2) is 0 Å². The first-order valence-corrected chi connectivity index (χ1v) is 5.80. The Morgan fingerprint density at radius 3 is 2.31 bits per heavy atom. The van der Waals surface area contributed by atoms with Gasteiger partial charge in [0.1, 0.15) is 0 Å². The molecule has 0 aromatic rings. The summed E-state index contributed by atoms with van der Waals surface area (Å²) in [6.45, 7) is 9.52. The number of hydrogen-bond donors (Lipinski definition) is 1. The van der Waals surface area contributed by atoms with Crippen molar-refractivity contribution in [1.82, 2.24) is 5.32 Å². The second-order valence-corrected chi connectivity index (χ2v) is 5.95. The van der Waals surface area contributed by atoms with Crippen molar-refractivity contribution < 1.29 is 0 Å². The van der Waals surface area contributed by atoms with Crippen LogP contribution >= 0.6 is 0 Å². The number of fused-ring (bicyclic) bond motifs is 3. The van der Waals surface area contributed by atoms with Crippen LogP contribution in [0.25, 0.3) is 0 Å². The lowest BCUT2D eigenvalue weighted by Crippen LogP contribution is -2.46. The van der Waals surface area contributed by atoms with Crippen LogP contribution in [0.2, 0.25) is 0 Å². The minimum Gasteiger partial charge on any atom is -0.308 e. The zero-order valence-electron chi connectivity index (χ0n) is 9.28. The highest BCUT2D eigenvalue weighted by atomic mass is 15.2. The van der Waals surface area contributed by atoms with Crippen molar-refractivity contribution in [3.8, 4) is 0 Å². The third-order valence-corrected chi connectivity index (χ3v) is 5.60. The van der Waals surface area contributed by atoms with Gasteiger partial charge in [-0.25, -0.2) is 0 Å². The van der Waals surface area contributed by atoms with E-state index in [1.165, 1.54) is 19.3 Å². The Morgan fingerprint density at radius 1 is 1.38 bits per heavy atom. The lowest BCUT2D eigenvalue weighted by Gasteiger charge is -2.31. The zero-order valence-corrected chi connectivity index (χ0v) is 9.28. The summed E-state index contributed by atoms with van der Waals surface area (Å²) in [5.41, 5.74) is 2.06. The van der Waals surface area contributed by atoms with Crippen molar-refractivity contribution in [2.24, 2.45) is 16.7 Å². The molecule has 3 aliphatic carbocycles. The monoisotopic (exact) mass is 179 g/mol. The molecule has 0 heterocycles. The Hall–Kier alpha value is -0.0400. The van der Waals surface area contributed by atoms with E-state index in [0.717, 1.165) is 11.3 Å². The summed E-state index contributed by atoms with van der Waals surface area (Å²) in [4.78, 5) is 0. The molecule has 1 spiro atoms. The van der Waals surface area contributed by atoms with Gasteiger partial charge >= 0.3 is 0 Å². The van der Waals surface area contributed by atoms with Crippen molar-refractivity contribution in [3.63, 3.8) is 0 Å². The van der Waals surface area contributed by atoms with E-state index in [-0.39, 0.29) is 0 Å². The van der Waals surface area contributed by atoms with E-state index in [9.17, 15) is 0 Å². The van der Waals surface area contributed by atoms with Gasteiger partial charge < -0.3 is 5.32 Å². The Morgan fingerprint density at radius 2 is 1.92 bits per heavy atom. The van der Waals surface area contributed by atoms with Gasteiger partial charge in [-0.2, -0.15) is 0 Å². The van der Waals surface area contributed by atoms with E-state index < -0.39 is 0 Å². The smallest absolute Gasteiger partial charge is 0.0258 e. The molecule has 1 heteroatoms. The standard InChI is InChI=1S/C12H21N/c1-5-8(2)13-11(4)9-10(11,3)12(9)6-7-12/h8-9,13H,5-7H2,1-4H3. The summed E-state index contributed by atoms with van der Waals surface area (Å²) >= 11 is 0. The first-order chi connectivity index (χ1) is 6.03. The minimum atomic E-state index is 0.513. The van der Waals surface area contributed by atoms with Crippen molar-refractivity contribution in [2.75, 3.05) is 0 Å². The number of nitrogens with one attached hydrogen (secondary N) is 1. The van der Waals surface area contributed by atoms with Crippen LogP contribution in [-0.4, -0.2) is 11.6 Å². The molecule has 0 saturated heterocycles. The van der Waals surface area contributed by atoms with Crippen LogP contribution in [0.15, 0.2) is 0 Å². The van der Waals surface area contributed by atoms with E-state index in [0.29, 0.717) is 17.0 Å². The van der Waals surface area contributed by atoms with E-state index >= 15 is 0 Å². The van der Waals surface area contributed by atoms with Gasteiger partial charge in [0.05, 0.1) is 0 Å². The highest BCUT2D eigenvalue weighted by molar-refractivity contribution is 5.52. The molecule has 0 amide bonds. The molecular formula is C12H21N. The Balaban J connectivity index is 1.69. The van der Waals surface area contributed by atoms with Gasteiger partial charge in [0, 0.05) is 11.6 Å². The molecule has 4 unspecified atom stereocenters. The largest absolute Gasteiger partial charge is 0.308 e. The van der Waals surface area contributed by atoms with E-state index in [2.05, 4.69) is 33.0 Å². The van der Waals surface area contributed by atoms with Crippen molar-refractivity contribution in [3.05, 3.63) is 0 Å². The normalized spacial score (nSPS) is 55.8. The van der Waals surface area contributed by atoms with Crippen LogP contribution in [0.5, 0.6) is 0 Å². The van der Waals surface area contributed by atoms with Gasteiger partial charge in [0.2, 0.25) is 0 Å². The van der Waals surface area contributed by atoms with Crippen LogP contribution in [0.1, 0.15) is 47.0 Å². The fourth-order valence-corrected chi connectivity index (χ4v) is 4.35. The van der Waals surface area contributed by atoms with E-state index in [1.54, 1.807) is 0 Å². The summed E-state index contributed by atoms with van der Waals surface area (Å²) in [5, 5.41) is 3.82. The maximum absolute atomic E-state index is 3.82. The van der Waals surface area contributed by atoms with Gasteiger partial charge in [-0.05, 0) is 49.9 Å².